The Hall–Kier alpha value is -4.50. The number of carbonyl (C=O) groups is 1. The van der Waals surface area contributed by atoms with Gasteiger partial charge in [-0.2, -0.15) is 0 Å². The molecule has 2 aromatic carbocycles. The van der Waals surface area contributed by atoms with Gasteiger partial charge in [0.05, 0.1) is 18.0 Å². The van der Waals surface area contributed by atoms with Crippen LogP contribution in [0.1, 0.15) is 12.8 Å². The van der Waals surface area contributed by atoms with Crippen molar-refractivity contribution >= 4 is 32.7 Å². The van der Waals surface area contributed by atoms with Crippen LogP contribution in [-0.2, 0) is 10.0 Å². The van der Waals surface area contributed by atoms with E-state index in [4.69, 9.17) is 9.47 Å². The van der Waals surface area contributed by atoms with Gasteiger partial charge in [0.15, 0.2) is 4.90 Å². The average Bonchev–Trinajstić information content (AvgIpc) is 2.95. The number of amides is 1. The number of sulfonamides is 1. The second kappa shape index (κ2) is 11.0. The van der Waals surface area contributed by atoms with Crippen LogP contribution in [0.5, 0.6) is 11.8 Å². The SMILES string of the molecule is COc1ncc(-c2ccc3ncnc(OC(=O)N4CC5(CCNCC5)C4)c3c2)cc1NS(=O)(=O)c1c(F)cc(F)cc1F. The van der Waals surface area contributed by atoms with Gasteiger partial charge in [0.1, 0.15) is 29.5 Å². The first-order valence-corrected chi connectivity index (χ1v) is 14.7. The highest BCUT2D eigenvalue weighted by Crippen LogP contribution is 2.39. The summed E-state index contributed by atoms with van der Waals surface area (Å²) in [5, 5.41) is 3.74. The minimum atomic E-state index is -4.87. The number of anilines is 1. The lowest BCUT2D eigenvalue weighted by Crippen LogP contribution is -2.62. The molecule has 2 aliphatic heterocycles. The summed E-state index contributed by atoms with van der Waals surface area (Å²) >= 11 is 0. The van der Waals surface area contributed by atoms with E-state index in [-0.39, 0.29) is 35.0 Å². The summed E-state index contributed by atoms with van der Waals surface area (Å²) in [7, 11) is -3.63. The maximum atomic E-state index is 14.3. The van der Waals surface area contributed by atoms with Crippen LogP contribution in [0.2, 0.25) is 0 Å². The fraction of sp³-hybridized carbons (Fsp3) is 0.286. The number of hydrogen-bond donors (Lipinski definition) is 2. The van der Waals surface area contributed by atoms with E-state index in [0.29, 0.717) is 35.1 Å². The van der Waals surface area contributed by atoms with Gasteiger partial charge in [0.2, 0.25) is 11.8 Å². The molecule has 0 saturated carbocycles. The van der Waals surface area contributed by atoms with E-state index in [0.717, 1.165) is 25.9 Å². The van der Waals surface area contributed by atoms with Gasteiger partial charge in [0, 0.05) is 42.4 Å². The fourth-order valence-corrected chi connectivity index (χ4v) is 6.60. The molecule has 224 valence electrons. The van der Waals surface area contributed by atoms with Crippen LogP contribution in [0.15, 0.2) is 53.8 Å². The van der Waals surface area contributed by atoms with Crippen molar-refractivity contribution in [2.75, 3.05) is 38.0 Å². The zero-order chi connectivity index (χ0) is 30.4. The molecule has 2 N–H and O–H groups in total. The van der Waals surface area contributed by atoms with Crippen LogP contribution >= 0.6 is 0 Å². The Kier molecular flexibility index (Phi) is 7.30. The maximum Gasteiger partial charge on any atom is 0.416 e. The van der Waals surface area contributed by atoms with E-state index in [9.17, 15) is 26.4 Å². The Morgan fingerprint density at radius 2 is 1.70 bits per heavy atom. The van der Waals surface area contributed by atoms with Crippen molar-refractivity contribution in [2.45, 2.75) is 17.7 Å². The summed E-state index contributed by atoms with van der Waals surface area (Å²) < 4.78 is 80.6. The van der Waals surface area contributed by atoms with Crippen molar-refractivity contribution in [3.63, 3.8) is 0 Å². The first kappa shape index (κ1) is 28.6. The van der Waals surface area contributed by atoms with Crippen molar-refractivity contribution in [1.29, 1.82) is 0 Å². The summed E-state index contributed by atoms with van der Waals surface area (Å²) in [5.41, 5.74) is 1.26. The summed E-state index contributed by atoms with van der Waals surface area (Å²) in [6.45, 7) is 3.07. The molecule has 2 saturated heterocycles. The summed E-state index contributed by atoms with van der Waals surface area (Å²) in [6, 6.07) is 6.85. The van der Waals surface area contributed by atoms with Gasteiger partial charge in [-0.15, -0.1) is 0 Å². The standard InChI is InChI=1S/C28H25F3N6O5S/c1-41-26-23(36-43(39,40)24-20(30)10-18(29)11-21(24)31)9-17(12-33-26)16-2-3-22-19(8-16)25(35-15-34-22)42-27(38)37-13-28(14-37)4-6-32-7-5-28/h2-3,8-12,15,32,36H,4-7,13-14H2,1H3. The number of methoxy groups -OCH3 is 1. The molecule has 43 heavy (non-hydrogen) atoms. The largest absolute Gasteiger partial charge is 0.480 e. The number of nitrogens with one attached hydrogen (secondary N) is 2. The first-order valence-electron chi connectivity index (χ1n) is 13.2. The van der Waals surface area contributed by atoms with E-state index in [2.05, 4.69) is 25.0 Å². The molecule has 4 aromatic rings. The first-order chi connectivity index (χ1) is 20.6. The number of aromatic nitrogens is 3. The number of piperidine rings is 1. The van der Waals surface area contributed by atoms with Gasteiger partial charge in [-0.05, 0) is 49.7 Å². The minimum Gasteiger partial charge on any atom is -0.480 e. The Morgan fingerprint density at radius 3 is 2.40 bits per heavy atom. The number of hydrogen-bond acceptors (Lipinski definition) is 9. The molecular weight excluding hydrogens is 589 g/mol. The Balaban J connectivity index is 1.28. The van der Waals surface area contributed by atoms with Gasteiger partial charge in [0.25, 0.3) is 10.0 Å². The molecule has 2 aliphatic rings. The van der Waals surface area contributed by atoms with E-state index < -0.39 is 38.5 Å². The molecule has 1 spiro atoms. The van der Waals surface area contributed by atoms with Gasteiger partial charge in [-0.25, -0.2) is 41.3 Å². The molecule has 0 unspecified atom stereocenters. The average molecular weight is 615 g/mol. The predicted molar refractivity (Wildman–Crippen MR) is 149 cm³/mol. The summed E-state index contributed by atoms with van der Waals surface area (Å²) in [4.78, 5) is 25.7. The highest BCUT2D eigenvalue weighted by atomic mass is 32.2. The molecule has 0 aliphatic carbocycles. The zero-order valence-corrected chi connectivity index (χ0v) is 23.6. The normalized spacial score (nSPS) is 16.1. The molecule has 2 aromatic heterocycles. The van der Waals surface area contributed by atoms with E-state index >= 15 is 0 Å². The lowest BCUT2D eigenvalue weighted by Gasteiger charge is -2.51. The predicted octanol–water partition coefficient (Wildman–Crippen LogP) is 4.10. The van der Waals surface area contributed by atoms with Crippen molar-refractivity contribution in [3.05, 3.63) is 66.4 Å². The van der Waals surface area contributed by atoms with Crippen molar-refractivity contribution in [2.24, 2.45) is 5.41 Å². The van der Waals surface area contributed by atoms with E-state index in [1.54, 1.807) is 23.1 Å². The Labute approximate surface area is 244 Å². The minimum absolute atomic E-state index is 0.0489. The second-order valence-electron chi connectivity index (χ2n) is 10.5. The molecule has 0 atom stereocenters. The molecule has 1 amide bonds. The highest BCUT2D eigenvalue weighted by Gasteiger charge is 2.46. The third kappa shape index (κ3) is 5.52. The van der Waals surface area contributed by atoms with Crippen molar-refractivity contribution < 1.29 is 35.9 Å². The number of halogens is 3. The number of ether oxygens (including phenoxy) is 2. The number of likely N-dealkylation sites (tertiary alicyclic amines) is 1. The number of carbonyl (C=O) groups excluding carboxylic acids is 1. The number of pyridine rings is 1. The fourth-order valence-electron chi connectivity index (χ4n) is 5.43. The number of fused-ring (bicyclic) bond motifs is 1. The molecule has 15 heteroatoms. The lowest BCUT2D eigenvalue weighted by atomic mass is 9.73. The molecule has 11 nitrogen and oxygen atoms in total. The van der Waals surface area contributed by atoms with Crippen LogP contribution in [0, 0.1) is 22.9 Å². The maximum absolute atomic E-state index is 14.3. The number of rotatable bonds is 6. The quantitative estimate of drug-likeness (QED) is 0.329. The third-order valence-electron chi connectivity index (χ3n) is 7.61. The monoisotopic (exact) mass is 614 g/mol. The van der Waals surface area contributed by atoms with Crippen molar-refractivity contribution in [1.82, 2.24) is 25.2 Å². The Morgan fingerprint density at radius 1 is 0.977 bits per heavy atom. The van der Waals surface area contributed by atoms with Crippen LogP contribution < -0.4 is 19.5 Å². The van der Waals surface area contributed by atoms with E-state index in [1.807, 2.05) is 0 Å². The molecule has 0 radical (unpaired) electrons. The van der Waals surface area contributed by atoms with Crippen LogP contribution in [-0.4, -0.2) is 67.7 Å². The van der Waals surface area contributed by atoms with Crippen LogP contribution in [0.25, 0.3) is 22.0 Å². The van der Waals surface area contributed by atoms with Gasteiger partial charge in [-0.1, -0.05) is 6.07 Å². The summed E-state index contributed by atoms with van der Waals surface area (Å²) in [5.74, 6) is -4.61. The third-order valence-corrected chi connectivity index (χ3v) is 9.03. The smallest absolute Gasteiger partial charge is 0.416 e. The number of nitrogens with zero attached hydrogens (tertiary/aromatic N) is 4. The number of benzene rings is 2. The van der Waals surface area contributed by atoms with Gasteiger partial charge in [-0.3, -0.25) is 4.72 Å². The van der Waals surface area contributed by atoms with E-state index in [1.165, 1.54) is 25.7 Å². The molecule has 2 fully saturated rings. The van der Waals surface area contributed by atoms with Crippen LogP contribution in [0.3, 0.4) is 0 Å². The summed E-state index contributed by atoms with van der Waals surface area (Å²) in [6.07, 6.45) is 4.16. The van der Waals surface area contributed by atoms with Crippen molar-refractivity contribution in [3.8, 4) is 22.9 Å². The topological polar surface area (TPSA) is 136 Å². The molecule has 0 bridgehead atoms. The van der Waals surface area contributed by atoms with Gasteiger partial charge >= 0.3 is 6.09 Å². The molecule has 4 heterocycles. The van der Waals surface area contributed by atoms with Crippen LogP contribution in [0.4, 0.5) is 23.7 Å². The lowest BCUT2D eigenvalue weighted by molar-refractivity contribution is -0.00790. The highest BCUT2D eigenvalue weighted by molar-refractivity contribution is 7.92. The van der Waals surface area contributed by atoms with Gasteiger partial charge < -0.3 is 19.7 Å². The second-order valence-corrected chi connectivity index (χ2v) is 12.1. The molecule has 6 rings (SSSR count). The Bertz CT molecular complexity index is 1820. The zero-order valence-electron chi connectivity index (χ0n) is 22.7. The molecular formula is C28H25F3N6O5S.